The smallest absolute Gasteiger partial charge is 0.206 e. The molecule has 23 heavy (non-hydrogen) atoms. The Morgan fingerprint density at radius 3 is 1.35 bits per heavy atom. The first-order valence-electron chi connectivity index (χ1n) is 6.84. The van der Waals surface area contributed by atoms with E-state index in [-0.39, 0.29) is 9.75 Å². The molecule has 0 bridgehead atoms. The van der Waals surface area contributed by atoms with Crippen LogP contribution in [0.25, 0.3) is 0 Å². The third-order valence-corrected chi connectivity index (χ3v) is 4.51. The number of carbonyl (C=O) groups is 2. The number of hydrogen-bond acceptors (Lipinski definition) is 5. The molecule has 3 rings (SSSR count). The monoisotopic (exact) mass is 324 g/mol. The van der Waals surface area contributed by atoms with Gasteiger partial charge in [-0.1, -0.05) is 60.7 Å². The molecule has 0 aliphatic rings. The van der Waals surface area contributed by atoms with Crippen LogP contribution in [0.2, 0.25) is 0 Å². The Morgan fingerprint density at radius 2 is 1.00 bits per heavy atom. The molecular formula is C18H12O4S. The van der Waals surface area contributed by atoms with Gasteiger partial charge in [0.15, 0.2) is 11.5 Å². The molecule has 0 unspecified atom stereocenters. The summed E-state index contributed by atoms with van der Waals surface area (Å²) in [5, 5.41) is 20.1. The Morgan fingerprint density at radius 1 is 0.652 bits per heavy atom. The molecule has 3 aromatic rings. The lowest BCUT2D eigenvalue weighted by Gasteiger charge is -1.98. The summed E-state index contributed by atoms with van der Waals surface area (Å²) in [5.41, 5.74) is 0.755. The highest BCUT2D eigenvalue weighted by atomic mass is 32.1. The van der Waals surface area contributed by atoms with Crippen molar-refractivity contribution in [3.05, 3.63) is 81.5 Å². The average molecular weight is 324 g/mol. The zero-order chi connectivity index (χ0) is 16.4. The van der Waals surface area contributed by atoms with Crippen molar-refractivity contribution in [2.45, 2.75) is 0 Å². The van der Waals surface area contributed by atoms with Crippen LogP contribution < -0.4 is 0 Å². The first-order valence-corrected chi connectivity index (χ1v) is 7.65. The molecule has 4 nitrogen and oxygen atoms in total. The molecule has 0 amide bonds. The van der Waals surface area contributed by atoms with Gasteiger partial charge in [0.2, 0.25) is 11.6 Å². The molecule has 1 aromatic heterocycles. The third-order valence-electron chi connectivity index (χ3n) is 3.34. The molecule has 0 radical (unpaired) electrons. The van der Waals surface area contributed by atoms with Crippen LogP contribution in [0.3, 0.4) is 0 Å². The molecule has 2 N–H and O–H groups in total. The van der Waals surface area contributed by atoms with Gasteiger partial charge in [0.1, 0.15) is 9.75 Å². The van der Waals surface area contributed by atoms with Gasteiger partial charge < -0.3 is 10.2 Å². The molecule has 0 saturated carbocycles. The standard InChI is InChI=1S/C18H12O4S/c19-13(11-7-3-1-4-8-11)17-15(21)16(22)18(23-17)14(20)12-9-5-2-6-10-12/h1-10,21-22H. The molecule has 114 valence electrons. The normalized spacial score (nSPS) is 10.4. The zero-order valence-electron chi connectivity index (χ0n) is 11.9. The Bertz CT molecular complexity index is 795. The lowest BCUT2D eigenvalue weighted by Crippen LogP contribution is -1.99. The van der Waals surface area contributed by atoms with Crippen LogP contribution in [-0.4, -0.2) is 21.8 Å². The fourth-order valence-corrected chi connectivity index (χ4v) is 3.17. The van der Waals surface area contributed by atoms with E-state index in [2.05, 4.69) is 0 Å². The minimum atomic E-state index is -0.553. The second-order valence-corrected chi connectivity index (χ2v) is 5.87. The SMILES string of the molecule is O=C(c1ccccc1)c1sc(C(=O)c2ccccc2)c(O)c1O. The molecule has 0 spiro atoms. The number of aromatic hydroxyl groups is 2. The van der Waals surface area contributed by atoms with E-state index in [1.54, 1.807) is 60.7 Å². The highest BCUT2D eigenvalue weighted by molar-refractivity contribution is 7.17. The van der Waals surface area contributed by atoms with Crippen LogP contribution in [0.1, 0.15) is 30.5 Å². The number of rotatable bonds is 4. The van der Waals surface area contributed by atoms with Gasteiger partial charge in [-0.3, -0.25) is 9.59 Å². The van der Waals surface area contributed by atoms with E-state index >= 15 is 0 Å². The quantitative estimate of drug-likeness (QED) is 0.719. The minimum absolute atomic E-state index is 0.0482. The molecule has 0 aliphatic heterocycles. The van der Waals surface area contributed by atoms with Gasteiger partial charge in [-0.15, -0.1) is 11.3 Å². The molecule has 0 fully saturated rings. The van der Waals surface area contributed by atoms with Crippen molar-refractivity contribution in [2.75, 3.05) is 0 Å². The second-order valence-electron chi connectivity index (χ2n) is 4.85. The highest BCUT2D eigenvalue weighted by Crippen LogP contribution is 2.42. The fourth-order valence-electron chi connectivity index (χ4n) is 2.16. The van der Waals surface area contributed by atoms with Crippen molar-refractivity contribution in [1.82, 2.24) is 0 Å². The zero-order valence-corrected chi connectivity index (χ0v) is 12.7. The van der Waals surface area contributed by atoms with Crippen LogP contribution in [0.15, 0.2) is 60.7 Å². The van der Waals surface area contributed by atoms with Crippen molar-refractivity contribution in [3.8, 4) is 11.5 Å². The number of thiophene rings is 1. The van der Waals surface area contributed by atoms with E-state index in [9.17, 15) is 19.8 Å². The van der Waals surface area contributed by atoms with Crippen molar-refractivity contribution < 1.29 is 19.8 Å². The van der Waals surface area contributed by atoms with Crippen molar-refractivity contribution in [3.63, 3.8) is 0 Å². The van der Waals surface area contributed by atoms with E-state index in [0.29, 0.717) is 11.1 Å². The molecule has 1 heterocycles. The summed E-state index contributed by atoms with van der Waals surface area (Å²) in [6, 6.07) is 16.8. The second kappa shape index (κ2) is 6.06. The number of carbonyl (C=O) groups excluding carboxylic acids is 2. The first-order chi connectivity index (χ1) is 11.1. The van der Waals surface area contributed by atoms with Crippen LogP contribution >= 0.6 is 11.3 Å². The van der Waals surface area contributed by atoms with Gasteiger partial charge in [0.25, 0.3) is 0 Å². The van der Waals surface area contributed by atoms with Crippen LogP contribution in [-0.2, 0) is 0 Å². The maximum atomic E-state index is 12.4. The van der Waals surface area contributed by atoms with E-state index in [4.69, 9.17) is 0 Å². The Balaban J connectivity index is 2.03. The topological polar surface area (TPSA) is 74.6 Å². The minimum Gasteiger partial charge on any atom is -0.503 e. The predicted octanol–water partition coefficient (Wildman–Crippen LogP) is 3.62. The van der Waals surface area contributed by atoms with Gasteiger partial charge in [-0.2, -0.15) is 0 Å². The number of benzene rings is 2. The summed E-state index contributed by atoms with van der Waals surface area (Å²) in [4.78, 5) is 24.7. The number of hydrogen-bond donors (Lipinski definition) is 2. The lowest BCUT2D eigenvalue weighted by atomic mass is 10.1. The van der Waals surface area contributed by atoms with Crippen LogP contribution in [0.5, 0.6) is 11.5 Å². The van der Waals surface area contributed by atoms with E-state index in [1.807, 2.05) is 0 Å². The Kier molecular flexibility index (Phi) is 3.95. The molecule has 2 aromatic carbocycles. The largest absolute Gasteiger partial charge is 0.503 e. The summed E-state index contributed by atoms with van der Waals surface area (Å²) in [5.74, 6) is -1.97. The van der Waals surface area contributed by atoms with Gasteiger partial charge >= 0.3 is 0 Å². The fraction of sp³-hybridized carbons (Fsp3) is 0. The Hall–Kier alpha value is -2.92. The molecule has 0 aliphatic carbocycles. The maximum absolute atomic E-state index is 12.4. The Labute approximate surface area is 136 Å². The summed E-state index contributed by atoms with van der Waals surface area (Å²) in [6.45, 7) is 0. The first kappa shape index (κ1) is 15.0. The predicted molar refractivity (Wildman–Crippen MR) is 87.4 cm³/mol. The maximum Gasteiger partial charge on any atom is 0.206 e. The van der Waals surface area contributed by atoms with E-state index in [0.717, 1.165) is 11.3 Å². The van der Waals surface area contributed by atoms with Crippen LogP contribution in [0.4, 0.5) is 0 Å². The summed E-state index contributed by atoms with van der Waals surface area (Å²) < 4.78 is 0. The summed E-state index contributed by atoms with van der Waals surface area (Å²) in [6.07, 6.45) is 0. The highest BCUT2D eigenvalue weighted by Gasteiger charge is 2.27. The third kappa shape index (κ3) is 2.74. The van der Waals surface area contributed by atoms with Crippen LogP contribution in [0, 0.1) is 0 Å². The van der Waals surface area contributed by atoms with Crippen molar-refractivity contribution in [2.24, 2.45) is 0 Å². The van der Waals surface area contributed by atoms with Crippen molar-refractivity contribution in [1.29, 1.82) is 0 Å². The molecule has 0 saturated heterocycles. The molecular weight excluding hydrogens is 312 g/mol. The van der Waals surface area contributed by atoms with E-state index in [1.165, 1.54) is 0 Å². The van der Waals surface area contributed by atoms with E-state index < -0.39 is 23.1 Å². The number of ketones is 2. The van der Waals surface area contributed by atoms with Gasteiger partial charge in [0, 0.05) is 11.1 Å². The van der Waals surface area contributed by atoms with Gasteiger partial charge in [-0.25, -0.2) is 0 Å². The lowest BCUT2D eigenvalue weighted by molar-refractivity contribution is 0.103. The summed E-state index contributed by atoms with van der Waals surface area (Å²) in [7, 11) is 0. The van der Waals surface area contributed by atoms with Gasteiger partial charge in [-0.05, 0) is 0 Å². The average Bonchev–Trinajstić information content (AvgIpc) is 2.91. The summed E-state index contributed by atoms with van der Waals surface area (Å²) >= 11 is 0.793. The molecule has 5 heteroatoms. The molecule has 0 atom stereocenters. The van der Waals surface area contributed by atoms with Crippen molar-refractivity contribution >= 4 is 22.9 Å². The van der Waals surface area contributed by atoms with Gasteiger partial charge in [0.05, 0.1) is 0 Å².